The summed E-state index contributed by atoms with van der Waals surface area (Å²) in [5, 5.41) is 14.9. The molecule has 1 aromatic heterocycles. The van der Waals surface area contributed by atoms with E-state index in [0.29, 0.717) is 29.2 Å². The summed E-state index contributed by atoms with van der Waals surface area (Å²) in [4.78, 5) is 12.4. The van der Waals surface area contributed by atoms with Gasteiger partial charge in [0.25, 0.3) is 0 Å². The molecule has 8 heteroatoms. The minimum atomic E-state index is -0.329. The van der Waals surface area contributed by atoms with Gasteiger partial charge in [-0.2, -0.15) is 0 Å². The monoisotopic (exact) mass is 451 g/mol. The maximum atomic E-state index is 12.4. The summed E-state index contributed by atoms with van der Waals surface area (Å²) >= 11 is 6.28. The number of phenols is 1. The molecule has 0 saturated heterocycles. The average molecular weight is 452 g/mol. The summed E-state index contributed by atoms with van der Waals surface area (Å²) < 4.78 is 16.2. The lowest BCUT2D eigenvalue weighted by Gasteiger charge is -2.14. The second kappa shape index (κ2) is 9.16. The molecule has 6 nitrogen and oxygen atoms in total. The molecule has 0 atom stereocenters. The van der Waals surface area contributed by atoms with Crippen molar-refractivity contribution in [1.29, 1.82) is 0 Å². The van der Waals surface area contributed by atoms with Crippen LogP contribution in [-0.2, 0) is 25.9 Å². The van der Waals surface area contributed by atoms with Gasteiger partial charge in [0.1, 0.15) is 22.8 Å². The molecule has 3 aromatic rings. The van der Waals surface area contributed by atoms with Crippen LogP contribution in [0.2, 0.25) is 5.02 Å². The summed E-state index contributed by atoms with van der Waals surface area (Å²) in [6, 6.07) is 7.27. The van der Waals surface area contributed by atoms with Gasteiger partial charge in [0.2, 0.25) is 0 Å². The van der Waals surface area contributed by atoms with Crippen molar-refractivity contribution in [1.82, 2.24) is 5.32 Å². The van der Waals surface area contributed by atoms with E-state index in [1.165, 1.54) is 0 Å². The van der Waals surface area contributed by atoms with Gasteiger partial charge in [-0.05, 0) is 37.0 Å². The van der Waals surface area contributed by atoms with Gasteiger partial charge in [-0.3, -0.25) is 0 Å². The van der Waals surface area contributed by atoms with E-state index < -0.39 is 0 Å². The first-order chi connectivity index (χ1) is 14.0. The third-order valence-corrected chi connectivity index (χ3v) is 5.69. The quantitative estimate of drug-likeness (QED) is 0.541. The smallest absolute Gasteiger partial charge is 0.339 e. The van der Waals surface area contributed by atoms with Crippen LogP contribution >= 0.6 is 24.0 Å². The highest BCUT2D eigenvalue weighted by Gasteiger charge is 2.23. The Labute approximate surface area is 185 Å². The fraction of sp³-hybridized carbons (Fsp3) is 0.318. The van der Waals surface area contributed by atoms with E-state index in [4.69, 9.17) is 25.5 Å². The third kappa shape index (κ3) is 3.95. The molecule has 0 amide bonds. The highest BCUT2D eigenvalue weighted by Crippen LogP contribution is 2.38. The molecule has 1 heterocycles. The van der Waals surface area contributed by atoms with E-state index in [0.717, 1.165) is 41.3 Å². The summed E-state index contributed by atoms with van der Waals surface area (Å²) in [5.41, 5.74) is 3.18. The zero-order chi connectivity index (χ0) is 20.5. The molecule has 0 radical (unpaired) electrons. The fourth-order valence-electron chi connectivity index (χ4n) is 3.92. The molecule has 0 fully saturated rings. The molecular formula is C22H23Cl2NO5. The number of rotatable bonds is 6. The van der Waals surface area contributed by atoms with Crippen LogP contribution in [0, 0.1) is 0 Å². The normalized spacial score (nSPS) is 12.5. The Hall–Kier alpha value is -2.41. The van der Waals surface area contributed by atoms with Crippen molar-refractivity contribution < 1.29 is 19.0 Å². The van der Waals surface area contributed by atoms with Crippen molar-refractivity contribution >= 4 is 35.0 Å². The molecule has 1 aliphatic rings. The number of aromatic hydroxyl groups is 1. The molecule has 0 aliphatic heterocycles. The topological polar surface area (TPSA) is 80.9 Å². The number of nitrogens with one attached hydrogen (secondary N) is 1. The molecule has 2 aromatic carbocycles. The first-order valence-electron chi connectivity index (χ1n) is 9.44. The molecule has 4 rings (SSSR count). The van der Waals surface area contributed by atoms with Gasteiger partial charge in [-0.25, -0.2) is 4.79 Å². The summed E-state index contributed by atoms with van der Waals surface area (Å²) in [6.45, 7) is 0.760. The van der Waals surface area contributed by atoms with Crippen LogP contribution < -0.4 is 20.4 Å². The van der Waals surface area contributed by atoms with E-state index >= 15 is 0 Å². The zero-order valence-corrected chi connectivity index (χ0v) is 18.3. The van der Waals surface area contributed by atoms with Gasteiger partial charge in [-0.1, -0.05) is 17.7 Å². The van der Waals surface area contributed by atoms with Gasteiger partial charge in [0.15, 0.2) is 0 Å². The summed E-state index contributed by atoms with van der Waals surface area (Å²) in [7, 11) is 3.20. The molecule has 30 heavy (non-hydrogen) atoms. The predicted molar refractivity (Wildman–Crippen MR) is 119 cm³/mol. The van der Waals surface area contributed by atoms with Crippen LogP contribution in [-0.4, -0.2) is 19.3 Å². The van der Waals surface area contributed by atoms with Crippen molar-refractivity contribution in [3.63, 3.8) is 0 Å². The van der Waals surface area contributed by atoms with Crippen molar-refractivity contribution in [2.24, 2.45) is 0 Å². The van der Waals surface area contributed by atoms with E-state index in [-0.39, 0.29) is 35.3 Å². The van der Waals surface area contributed by atoms with Crippen LogP contribution in [0.3, 0.4) is 0 Å². The van der Waals surface area contributed by atoms with Crippen LogP contribution in [0.25, 0.3) is 11.0 Å². The molecular weight excluding hydrogens is 429 g/mol. The summed E-state index contributed by atoms with van der Waals surface area (Å²) in [5.74, 6) is 1.33. The van der Waals surface area contributed by atoms with Gasteiger partial charge in [0.05, 0.1) is 24.8 Å². The van der Waals surface area contributed by atoms with E-state index in [1.807, 2.05) is 18.2 Å². The van der Waals surface area contributed by atoms with Crippen LogP contribution in [0.5, 0.6) is 17.2 Å². The van der Waals surface area contributed by atoms with Gasteiger partial charge < -0.3 is 24.3 Å². The fourth-order valence-corrected chi connectivity index (χ4v) is 4.14. The van der Waals surface area contributed by atoms with E-state index in [9.17, 15) is 9.90 Å². The van der Waals surface area contributed by atoms with E-state index in [2.05, 4.69) is 5.32 Å². The Morgan fingerprint density at radius 3 is 2.63 bits per heavy atom. The first kappa shape index (κ1) is 22.3. The zero-order valence-electron chi connectivity index (χ0n) is 16.7. The number of hydrogen-bond donors (Lipinski definition) is 2. The predicted octanol–water partition coefficient (Wildman–Crippen LogP) is 4.37. The van der Waals surface area contributed by atoms with Crippen molar-refractivity contribution in [2.45, 2.75) is 32.4 Å². The number of phenolic OH excluding ortho intramolecular Hbond substituents is 1. The maximum Gasteiger partial charge on any atom is 0.339 e. The molecule has 1 aliphatic carbocycles. The molecule has 0 unspecified atom stereocenters. The Balaban J connectivity index is 0.00000256. The lowest BCUT2D eigenvalue weighted by molar-refractivity contribution is 0.389. The number of ether oxygens (including phenoxy) is 2. The number of benzene rings is 2. The SMILES string of the molecule is COc1ccc(CNCc2c(O)c(Cl)cc3c4c(c(=O)oc23)CCC4)c(OC)c1.Cl. The lowest BCUT2D eigenvalue weighted by Crippen LogP contribution is -2.15. The molecule has 0 spiro atoms. The average Bonchev–Trinajstić information content (AvgIpc) is 3.23. The Kier molecular flexibility index (Phi) is 6.81. The van der Waals surface area contributed by atoms with Gasteiger partial charge in [-0.15, -0.1) is 12.4 Å². The van der Waals surface area contributed by atoms with Crippen molar-refractivity contribution in [2.75, 3.05) is 14.2 Å². The molecule has 0 bridgehead atoms. The highest BCUT2D eigenvalue weighted by molar-refractivity contribution is 6.33. The third-order valence-electron chi connectivity index (χ3n) is 5.40. The van der Waals surface area contributed by atoms with Crippen LogP contribution in [0.4, 0.5) is 0 Å². The van der Waals surface area contributed by atoms with Crippen molar-refractivity contribution in [3.8, 4) is 17.2 Å². The number of hydrogen-bond acceptors (Lipinski definition) is 6. The van der Waals surface area contributed by atoms with Gasteiger partial charge in [0, 0.05) is 35.7 Å². The maximum absolute atomic E-state index is 12.4. The van der Waals surface area contributed by atoms with Gasteiger partial charge >= 0.3 is 5.63 Å². The molecule has 160 valence electrons. The largest absolute Gasteiger partial charge is 0.506 e. The number of aryl methyl sites for hydroxylation is 1. The lowest BCUT2D eigenvalue weighted by atomic mass is 10.0. The van der Waals surface area contributed by atoms with Crippen LogP contribution in [0.1, 0.15) is 28.7 Å². The number of halogens is 2. The molecule has 0 saturated carbocycles. The second-order valence-corrected chi connectivity index (χ2v) is 7.45. The van der Waals surface area contributed by atoms with E-state index in [1.54, 1.807) is 20.3 Å². The Morgan fingerprint density at radius 2 is 1.90 bits per heavy atom. The second-order valence-electron chi connectivity index (χ2n) is 7.04. The number of fused-ring (bicyclic) bond motifs is 3. The standard InChI is InChI=1S/C22H22ClNO5.ClH/c1-27-13-7-6-12(19(8-13)28-2)10-24-11-17-20(25)18(23)9-16-14-4-3-5-15(14)22(26)29-21(16)17;/h6-9,24-25H,3-5,10-11H2,1-2H3;1H. The summed E-state index contributed by atoms with van der Waals surface area (Å²) in [6.07, 6.45) is 2.45. The molecule has 2 N–H and O–H groups in total. The van der Waals surface area contributed by atoms with Crippen LogP contribution in [0.15, 0.2) is 33.5 Å². The van der Waals surface area contributed by atoms with Crippen molar-refractivity contribution in [3.05, 3.63) is 62.0 Å². The Bertz CT molecular complexity index is 1140. The minimum absolute atomic E-state index is 0. The minimum Gasteiger partial charge on any atom is -0.506 e. The Morgan fingerprint density at radius 1 is 1.13 bits per heavy atom. The highest BCUT2D eigenvalue weighted by atomic mass is 35.5. The number of methoxy groups -OCH3 is 2. The first-order valence-corrected chi connectivity index (χ1v) is 9.81.